The summed E-state index contributed by atoms with van der Waals surface area (Å²) in [4.78, 5) is 14.1. The van der Waals surface area contributed by atoms with Crippen molar-refractivity contribution in [1.82, 2.24) is 10.2 Å². The number of rotatable bonds is 8. The van der Waals surface area contributed by atoms with Crippen molar-refractivity contribution < 1.29 is 9.53 Å². The molecule has 2 rings (SSSR count). The molecule has 0 aliphatic heterocycles. The Balaban J connectivity index is 1.74. The van der Waals surface area contributed by atoms with E-state index in [0.29, 0.717) is 30.3 Å². The molecule has 4 nitrogen and oxygen atoms in total. The molecule has 0 aliphatic carbocycles. The lowest BCUT2D eigenvalue weighted by molar-refractivity contribution is -0.121. The molecule has 1 heterocycles. The maximum absolute atomic E-state index is 12.0. The van der Waals surface area contributed by atoms with Crippen LogP contribution in [0.2, 0.25) is 5.02 Å². The second-order valence-corrected chi connectivity index (χ2v) is 6.61. The Kier molecular flexibility index (Phi) is 6.89. The Labute approximate surface area is 146 Å². The van der Waals surface area contributed by atoms with Crippen LogP contribution in [0.3, 0.4) is 0 Å². The van der Waals surface area contributed by atoms with Gasteiger partial charge in [-0.2, -0.15) is 11.3 Å². The Morgan fingerprint density at radius 1 is 1.39 bits per heavy atom. The van der Waals surface area contributed by atoms with E-state index in [1.54, 1.807) is 23.5 Å². The molecule has 124 valence electrons. The number of nitrogens with zero attached hydrogens (tertiary/aromatic N) is 1. The van der Waals surface area contributed by atoms with Crippen molar-refractivity contribution >= 4 is 28.8 Å². The molecule has 0 saturated carbocycles. The first-order chi connectivity index (χ1) is 11.1. The predicted octanol–water partition coefficient (Wildman–Crippen LogP) is 3.59. The van der Waals surface area contributed by atoms with Gasteiger partial charge in [-0.3, -0.25) is 4.79 Å². The van der Waals surface area contributed by atoms with Crippen LogP contribution >= 0.6 is 22.9 Å². The summed E-state index contributed by atoms with van der Waals surface area (Å²) < 4.78 is 5.53. The van der Waals surface area contributed by atoms with Gasteiger partial charge in [-0.25, -0.2) is 0 Å². The van der Waals surface area contributed by atoms with Crippen molar-refractivity contribution in [3.8, 4) is 5.75 Å². The zero-order chi connectivity index (χ0) is 16.7. The van der Waals surface area contributed by atoms with Crippen molar-refractivity contribution in [3.05, 3.63) is 51.7 Å². The molecule has 23 heavy (non-hydrogen) atoms. The Bertz CT molecular complexity index is 617. The van der Waals surface area contributed by atoms with E-state index in [-0.39, 0.29) is 11.9 Å². The lowest BCUT2D eigenvalue weighted by Gasteiger charge is -2.24. The van der Waals surface area contributed by atoms with Crippen LogP contribution in [0.5, 0.6) is 5.75 Å². The molecular formula is C17H21ClN2O2S. The van der Waals surface area contributed by atoms with Crippen LogP contribution in [0.15, 0.2) is 41.1 Å². The third kappa shape index (κ3) is 5.86. The number of hydrogen-bond donors (Lipinski definition) is 1. The van der Waals surface area contributed by atoms with Crippen LogP contribution in [0.4, 0.5) is 0 Å². The largest absolute Gasteiger partial charge is 0.493 e. The van der Waals surface area contributed by atoms with E-state index < -0.39 is 0 Å². The van der Waals surface area contributed by atoms with Gasteiger partial charge in [0.25, 0.3) is 0 Å². The van der Waals surface area contributed by atoms with Gasteiger partial charge in [0.15, 0.2) is 0 Å². The second-order valence-electron chi connectivity index (χ2n) is 5.40. The predicted molar refractivity (Wildman–Crippen MR) is 95.3 cm³/mol. The summed E-state index contributed by atoms with van der Waals surface area (Å²) in [6.45, 7) is 0.914. The third-order valence-corrected chi connectivity index (χ3v) is 4.37. The van der Waals surface area contributed by atoms with Crippen LogP contribution in [0.25, 0.3) is 0 Å². The van der Waals surface area contributed by atoms with Gasteiger partial charge in [-0.05, 0) is 54.7 Å². The number of carbonyl (C=O) groups excluding carboxylic acids is 1. The number of nitrogens with one attached hydrogen (secondary N) is 1. The SMILES string of the molecule is CN(C)[C@H](CNC(=O)CCOc1cccc(Cl)c1)c1ccsc1. The number of carbonyl (C=O) groups is 1. The molecule has 0 aliphatic rings. The molecule has 0 radical (unpaired) electrons. The molecule has 1 aromatic carbocycles. The van der Waals surface area contributed by atoms with Crippen LogP contribution in [0.1, 0.15) is 18.0 Å². The first-order valence-corrected chi connectivity index (χ1v) is 8.72. The topological polar surface area (TPSA) is 41.6 Å². The van der Waals surface area contributed by atoms with Crippen molar-refractivity contribution in [2.45, 2.75) is 12.5 Å². The quantitative estimate of drug-likeness (QED) is 0.789. The first-order valence-electron chi connectivity index (χ1n) is 7.40. The van der Waals surface area contributed by atoms with Crippen molar-refractivity contribution in [2.24, 2.45) is 0 Å². The van der Waals surface area contributed by atoms with E-state index in [0.717, 1.165) is 0 Å². The van der Waals surface area contributed by atoms with E-state index >= 15 is 0 Å². The minimum atomic E-state index is -0.0193. The molecule has 1 N–H and O–H groups in total. The Morgan fingerprint density at radius 2 is 2.22 bits per heavy atom. The molecule has 0 spiro atoms. The highest BCUT2D eigenvalue weighted by Gasteiger charge is 2.15. The van der Waals surface area contributed by atoms with Crippen LogP contribution < -0.4 is 10.1 Å². The fourth-order valence-corrected chi connectivity index (χ4v) is 3.07. The Hall–Kier alpha value is -1.56. The fraction of sp³-hybridized carbons (Fsp3) is 0.353. The molecule has 2 aromatic rings. The summed E-state index contributed by atoms with van der Waals surface area (Å²) in [6, 6.07) is 9.43. The van der Waals surface area contributed by atoms with Gasteiger partial charge in [0, 0.05) is 11.6 Å². The third-order valence-electron chi connectivity index (χ3n) is 3.44. The van der Waals surface area contributed by atoms with Gasteiger partial charge in [-0.15, -0.1) is 0 Å². The summed E-state index contributed by atoms with van der Waals surface area (Å²) >= 11 is 7.55. The number of amides is 1. The van der Waals surface area contributed by atoms with Crippen molar-refractivity contribution in [2.75, 3.05) is 27.2 Å². The van der Waals surface area contributed by atoms with Gasteiger partial charge in [-0.1, -0.05) is 17.7 Å². The van der Waals surface area contributed by atoms with Crippen LogP contribution in [-0.4, -0.2) is 38.1 Å². The van der Waals surface area contributed by atoms with E-state index in [4.69, 9.17) is 16.3 Å². The number of halogens is 1. The number of benzene rings is 1. The van der Waals surface area contributed by atoms with E-state index in [1.807, 2.05) is 31.6 Å². The maximum atomic E-state index is 12.0. The molecular weight excluding hydrogens is 332 g/mol. The summed E-state index contributed by atoms with van der Waals surface area (Å²) in [5, 5.41) is 7.75. The second kappa shape index (κ2) is 8.91. The zero-order valence-corrected chi connectivity index (χ0v) is 14.9. The first kappa shape index (κ1) is 17.8. The fourth-order valence-electron chi connectivity index (χ4n) is 2.18. The van der Waals surface area contributed by atoms with E-state index in [2.05, 4.69) is 21.7 Å². The van der Waals surface area contributed by atoms with E-state index in [1.165, 1.54) is 5.56 Å². The highest BCUT2D eigenvalue weighted by atomic mass is 35.5. The van der Waals surface area contributed by atoms with Crippen LogP contribution in [0, 0.1) is 0 Å². The van der Waals surface area contributed by atoms with Gasteiger partial charge in [0.2, 0.25) is 5.91 Å². The Morgan fingerprint density at radius 3 is 2.87 bits per heavy atom. The zero-order valence-electron chi connectivity index (χ0n) is 13.3. The lowest BCUT2D eigenvalue weighted by Crippen LogP contribution is -2.34. The van der Waals surface area contributed by atoms with Gasteiger partial charge in [0.1, 0.15) is 5.75 Å². The average Bonchev–Trinajstić information content (AvgIpc) is 3.01. The average molecular weight is 353 g/mol. The minimum absolute atomic E-state index is 0.0193. The summed E-state index contributed by atoms with van der Waals surface area (Å²) in [5.41, 5.74) is 1.22. The molecule has 0 fully saturated rings. The lowest BCUT2D eigenvalue weighted by atomic mass is 10.1. The molecule has 0 unspecified atom stereocenters. The van der Waals surface area contributed by atoms with Gasteiger partial charge < -0.3 is 15.0 Å². The van der Waals surface area contributed by atoms with Crippen molar-refractivity contribution in [3.63, 3.8) is 0 Å². The molecule has 1 atom stereocenters. The highest BCUT2D eigenvalue weighted by molar-refractivity contribution is 7.07. The normalized spacial score (nSPS) is 12.2. The van der Waals surface area contributed by atoms with Crippen LogP contribution in [-0.2, 0) is 4.79 Å². The number of hydrogen-bond acceptors (Lipinski definition) is 4. The molecule has 1 aromatic heterocycles. The molecule has 1 amide bonds. The number of likely N-dealkylation sites (N-methyl/N-ethyl adjacent to an activating group) is 1. The maximum Gasteiger partial charge on any atom is 0.223 e. The number of ether oxygens (including phenoxy) is 1. The smallest absolute Gasteiger partial charge is 0.223 e. The molecule has 0 bridgehead atoms. The summed E-state index contributed by atoms with van der Waals surface area (Å²) in [6.07, 6.45) is 0.316. The van der Waals surface area contributed by atoms with Crippen molar-refractivity contribution in [1.29, 1.82) is 0 Å². The van der Waals surface area contributed by atoms with Gasteiger partial charge in [0.05, 0.1) is 19.1 Å². The molecule has 0 saturated heterocycles. The monoisotopic (exact) mass is 352 g/mol. The van der Waals surface area contributed by atoms with E-state index in [9.17, 15) is 4.79 Å². The number of thiophene rings is 1. The minimum Gasteiger partial charge on any atom is -0.493 e. The van der Waals surface area contributed by atoms with Gasteiger partial charge >= 0.3 is 0 Å². The molecule has 6 heteroatoms. The highest BCUT2D eigenvalue weighted by Crippen LogP contribution is 2.20. The standard InChI is InChI=1S/C17H21ClN2O2S/c1-20(2)16(13-7-9-23-12-13)11-19-17(21)6-8-22-15-5-3-4-14(18)10-15/h3-5,7,9-10,12,16H,6,8,11H2,1-2H3,(H,19,21)/t16-/m1/s1. The summed E-state index contributed by atoms with van der Waals surface area (Å²) in [7, 11) is 4.02. The summed E-state index contributed by atoms with van der Waals surface area (Å²) in [5.74, 6) is 0.656.